The highest BCUT2D eigenvalue weighted by Crippen LogP contribution is 2.13. The Morgan fingerprint density at radius 2 is 1.95 bits per heavy atom. The molecule has 1 aliphatic heterocycles. The van der Waals surface area contributed by atoms with E-state index in [1.54, 1.807) is 0 Å². The molecular weight excluding hydrogens is 262 g/mol. The molecule has 9 nitrogen and oxygen atoms in total. The van der Waals surface area contributed by atoms with E-state index in [0.717, 1.165) is 11.5 Å². The van der Waals surface area contributed by atoms with Crippen LogP contribution in [0, 0.1) is 0 Å². The van der Waals surface area contributed by atoms with Gasteiger partial charge in [0.25, 0.3) is 0 Å². The van der Waals surface area contributed by atoms with Crippen LogP contribution < -0.4 is 0 Å². The highest BCUT2D eigenvalue weighted by atomic mass is 16.5. The van der Waals surface area contributed by atoms with Crippen molar-refractivity contribution in [3.63, 3.8) is 0 Å². The van der Waals surface area contributed by atoms with E-state index in [1.807, 2.05) is 0 Å². The number of hydroxylamine groups is 2. The maximum absolute atomic E-state index is 10.2. The number of aliphatic hydroxyl groups is 4. The molecule has 0 aromatic carbocycles. The molecule has 0 bridgehead atoms. The predicted octanol–water partition coefficient (Wildman–Crippen LogP) is -2.82. The fraction of sp³-hybridized carbons (Fsp3) is 0.800. The molecule has 1 rings (SSSR count). The van der Waals surface area contributed by atoms with Gasteiger partial charge in [0.2, 0.25) is 0 Å². The first-order valence-corrected chi connectivity index (χ1v) is 5.63. The smallest absolute Gasteiger partial charge is 0.323 e. The van der Waals surface area contributed by atoms with Crippen LogP contribution in [-0.2, 0) is 9.59 Å². The van der Waals surface area contributed by atoms with Crippen molar-refractivity contribution in [1.82, 2.24) is 5.06 Å². The molecule has 0 aromatic rings. The molecule has 1 saturated heterocycles. The fourth-order valence-electron chi connectivity index (χ4n) is 1.42. The molecule has 0 amide bonds. The molecule has 0 aromatic heterocycles. The van der Waals surface area contributed by atoms with Crippen LogP contribution in [0.25, 0.3) is 0 Å². The normalized spacial score (nSPS) is 23.9. The van der Waals surface area contributed by atoms with Crippen LogP contribution in [-0.4, -0.2) is 85.6 Å². The number of hydrogen-bond acceptors (Lipinski definition) is 8. The van der Waals surface area contributed by atoms with E-state index in [9.17, 15) is 9.59 Å². The van der Waals surface area contributed by atoms with Gasteiger partial charge in [-0.15, -0.1) is 0 Å². The van der Waals surface area contributed by atoms with Crippen molar-refractivity contribution in [1.29, 1.82) is 0 Å². The molecule has 0 saturated carbocycles. The minimum absolute atomic E-state index is 0.0869. The Balaban J connectivity index is 0.000000342. The van der Waals surface area contributed by atoms with Gasteiger partial charge in [-0.1, -0.05) is 0 Å². The summed E-state index contributed by atoms with van der Waals surface area (Å²) >= 11 is 0. The van der Waals surface area contributed by atoms with Gasteiger partial charge in [0.05, 0.1) is 6.61 Å². The van der Waals surface area contributed by atoms with Crippen LogP contribution in [0.1, 0.15) is 12.8 Å². The van der Waals surface area contributed by atoms with Crippen LogP contribution in [0.5, 0.6) is 0 Å². The maximum Gasteiger partial charge on any atom is 0.323 e. The van der Waals surface area contributed by atoms with Crippen molar-refractivity contribution in [2.75, 3.05) is 13.2 Å². The second kappa shape index (κ2) is 8.91. The number of carboxylic acids is 1. The number of aliphatic carboxylic acids is 1. The van der Waals surface area contributed by atoms with Gasteiger partial charge in [-0.2, -0.15) is 5.06 Å². The topological polar surface area (TPSA) is 159 Å². The van der Waals surface area contributed by atoms with Crippen molar-refractivity contribution < 1.29 is 40.3 Å². The van der Waals surface area contributed by atoms with Gasteiger partial charge < -0.3 is 35.5 Å². The molecule has 0 radical (unpaired) electrons. The van der Waals surface area contributed by atoms with E-state index in [4.69, 9.17) is 30.7 Å². The standard InChI is InChI=1S/C5H9NO3.C5H10O5/c7-5(8)4-2-1-3-6(4)9;6-1-3(8)5(10)4(9)2-7/h4,9H,1-3H2,(H,7,8);1,3-5,7-10H,2H2/t;3-,4-,5+/m.1/s1. The predicted molar refractivity (Wildman–Crippen MR) is 60.3 cm³/mol. The van der Waals surface area contributed by atoms with Crippen LogP contribution in [0.2, 0.25) is 0 Å². The average molecular weight is 281 g/mol. The first-order valence-electron chi connectivity index (χ1n) is 5.63. The molecule has 112 valence electrons. The minimum atomic E-state index is -1.64. The second-order valence-electron chi connectivity index (χ2n) is 4.03. The highest BCUT2D eigenvalue weighted by Gasteiger charge is 2.28. The average Bonchev–Trinajstić information content (AvgIpc) is 2.83. The van der Waals surface area contributed by atoms with Crippen molar-refractivity contribution >= 4 is 12.3 Å². The van der Waals surface area contributed by atoms with Crippen molar-refractivity contribution in [3.05, 3.63) is 0 Å². The van der Waals surface area contributed by atoms with Crippen LogP contribution in [0.15, 0.2) is 0 Å². The third-order valence-corrected chi connectivity index (χ3v) is 2.58. The molecular formula is C10H19NO8. The first-order chi connectivity index (χ1) is 8.84. The van der Waals surface area contributed by atoms with Crippen LogP contribution in [0.4, 0.5) is 0 Å². The number of nitrogens with zero attached hydrogens (tertiary/aromatic N) is 1. The fourth-order valence-corrected chi connectivity index (χ4v) is 1.42. The molecule has 0 aliphatic carbocycles. The Morgan fingerprint density at radius 3 is 2.21 bits per heavy atom. The lowest BCUT2D eigenvalue weighted by Gasteiger charge is -2.16. The number of rotatable bonds is 5. The molecule has 0 spiro atoms. The van der Waals surface area contributed by atoms with Gasteiger partial charge in [-0.3, -0.25) is 4.79 Å². The minimum Gasteiger partial charge on any atom is -0.480 e. The third-order valence-electron chi connectivity index (χ3n) is 2.58. The van der Waals surface area contributed by atoms with E-state index in [2.05, 4.69) is 0 Å². The molecule has 6 N–H and O–H groups in total. The van der Waals surface area contributed by atoms with Crippen molar-refractivity contribution in [3.8, 4) is 0 Å². The Morgan fingerprint density at radius 1 is 1.37 bits per heavy atom. The van der Waals surface area contributed by atoms with Crippen molar-refractivity contribution in [2.24, 2.45) is 0 Å². The zero-order chi connectivity index (χ0) is 15.0. The summed E-state index contributed by atoms with van der Waals surface area (Å²) in [6.45, 7) is -0.205. The van der Waals surface area contributed by atoms with Crippen molar-refractivity contribution in [2.45, 2.75) is 37.2 Å². The molecule has 4 atom stereocenters. The summed E-state index contributed by atoms with van der Waals surface area (Å²) in [4.78, 5) is 20.0. The molecule has 9 heteroatoms. The lowest BCUT2D eigenvalue weighted by Crippen LogP contribution is -2.40. The van der Waals surface area contributed by atoms with E-state index in [-0.39, 0.29) is 6.29 Å². The lowest BCUT2D eigenvalue weighted by molar-refractivity contribution is -0.161. The van der Waals surface area contributed by atoms with E-state index in [0.29, 0.717) is 13.0 Å². The van der Waals surface area contributed by atoms with Gasteiger partial charge >= 0.3 is 5.97 Å². The molecule has 1 fully saturated rings. The zero-order valence-corrected chi connectivity index (χ0v) is 10.2. The number of aliphatic hydroxyl groups excluding tert-OH is 4. The summed E-state index contributed by atoms with van der Waals surface area (Å²) < 4.78 is 0. The summed E-state index contributed by atoms with van der Waals surface area (Å²) in [5.41, 5.74) is 0. The van der Waals surface area contributed by atoms with E-state index >= 15 is 0 Å². The number of carboxylic acid groups (broad SMARTS) is 1. The number of aldehydes is 1. The summed E-state index contributed by atoms with van der Waals surface area (Å²) in [6.07, 6.45) is -3.30. The second-order valence-corrected chi connectivity index (χ2v) is 4.03. The Hall–Kier alpha value is -1.10. The van der Waals surface area contributed by atoms with Gasteiger partial charge in [0.15, 0.2) is 6.29 Å². The summed E-state index contributed by atoms with van der Waals surface area (Å²) in [5.74, 6) is -0.935. The molecule has 19 heavy (non-hydrogen) atoms. The lowest BCUT2D eigenvalue weighted by atomic mass is 10.1. The Kier molecular flexibility index (Phi) is 8.39. The monoisotopic (exact) mass is 281 g/mol. The quantitative estimate of drug-likeness (QED) is 0.292. The summed E-state index contributed by atoms with van der Waals surface area (Å²) in [5, 5.41) is 52.1. The van der Waals surface area contributed by atoms with Gasteiger partial charge in [0, 0.05) is 6.54 Å². The highest BCUT2D eigenvalue weighted by molar-refractivity contribution is 5.73. The molecule has 1 unspecified atom stereocenters. The first kappa shape index (κ1) is 17.9. The Bertz CT molecular complexity index is 287. The Labute approximate surface area is 109 Å². The van der Waals surface area contributed by atoms with E-state index < -0.39 is 36.9 Å². The van der Waals surface area contributed by atoms with E-state index in [1.165, 1.54) is 0 Å². The van der Waals surface area contributed by atoms with Crippen LogP contribution >= 0.6 is 0 Å². The SMILES string of the molecule is O=C(O)C1CCCN1O.O=C[C@@H](O)[C@H](O)[C@H](O)CO. The van der Waals surface area contributed by atoms with Crippen LogP contribution in [0.3, 0.4) is 0 Å². The number of carbonyl (C=O) groups excluding carboxylic acids is 1. The maximum atomic E-state index is 10.2. The molecule has 1 aliphatic rings. The zero-order valence-electron chi connectivity index (χ0n) is 10.2. The van der Waals surface area contributed by atoms with Gasteiger partial charge in [0.1, 0.15) is 24.4 Å². The van der Waals surface area contributed by atoms with Gasteiger partial charge in [-0.25, -0.2) is 0 Å². The van der Waals surface area contributed by atoms with Gasteiger partial charge in [-0.05, 0) is 12.8 Å². The molecule has 1 heterocycles. The summed E-state index contributed by atoms with van der Waals surface area (Å²) in [6, 6.07) is -0.662. The summed E-state index contributed by atoms with van der Waals surface area (Å²) in [7, 11) is 0. The number of carbonyl (C=O) groups is 2. The third kappa shape index (κ3) is 6.05. The largest absolute Gasteiger partial charge is 0.480 e. The number of hydrogen-bond donors (Lipinski definition) is 6.